The van der Waals surface area contributed by atoms with Crippen LogP contribution in [-0.4, -0.2) is 0 Å². The van der Waals surface area contributed by atoms with E-state index < -0.39 is 0 Å². The van der Waals surface area contributed by atoms with Crippen molar-refractivity contribution in [2.75, 3.05) is 0 Å². The van der Waals surface area contributed by atoms with Crippen LogP contribution in [0, 0.1) is 0 Å². The summed E-state index contributed by atoms with van der Waals surface area (Å²) in [5.41, 5.74) is 10.0. The molecule has 0 aromatic heterocycles. The molecular weight excluding hydrogens is 601 g/mol. The van der Waals surface area contributed by atoms with Crippen molar-refractivity contribution in [1.82, 2.24) is 0 Å². The van der Waals surface area contributed by atoms with Crippen LogP contribution in [0.4, 0.5) is 0 Å². The smallest absolute Gasteiger partial charge is 0.00201 e. The van der Waals surface area contributed by atoms with Gasteiger partial charge in [0.2, 0.25) is 0 Å². The summed E-state index contributed by atoms with van der Waals surface area (Å²) in [5.74, 6) is 0. The third-order valence-corrected chi connectivity index (χ3v) is 10.4. The van der Waals surface area contributed by atoms with E-state index in [0.29, 0.717) is 0 Å². The Balaban J connectivity index is 1.10. The SMILES string of the molecule is c1cc(-c2ccc3cc(-c4ccc5ccccc5c4)ccc3c2)cc(-c2c3ccccc3c(-c3cccc4ccccc34)c3ccccc23)c1. The maximum atomic E-state index is 2.37. The molecule has 0 N–H and O–H groups in total. The average molecular weight is 633 g/mol. The molecule has 0 nitrogen and oxygen atoms in total. The highest BCUT2D eigenvalue weighted by molar-refractivity contribution is 6.23. The lowest BCUT2D eigenvalue weighted by Gasteiger charge is -2.19. The monoisotopic (exact) mass is 632 g/mol. The van der Waals surface area contributed by atoms with Gasteiger partial charge < -0.3 is 0 Å². The number of benzene rings is 10. The van der Waals surface area contributed by atoms with E-state index in [-0.39, 0.29) is 0 Å². The number of rotatable bonds is 4. The van der Waals surface area contributed by atoms with E-state index in [4.69, 9.17) is 0 Å². The summed E-state index contributed by atoms with van der Waals surface area (Å²) in [6.07, 6.45) is 0. The highest BCUT2D eigenvalue weighted by Crippen LogP contribution is 2.45. The summed E-state index contributed by atoms with van der Waals surface area (Å²) in [6, 6.07) is 71.3. The second kappa shape index (κ2) is 11.6. The summed E-state index contributed by atoms with van der Waals surface area (Å²) in [5, 5.41) is 12.7. The normalized spacial score (nSPS) is 11.6. The number of hydrogen-bond donors (Lipinski definition) is 0. The maximum Gasteiger partial charge on any atom is -0.00201 e. The molecule has 0 atom stereocenters. The Morgan fingerprint density at radius 1 is 0.200 bits per heavy atom. The first-order valence-electron chi connectivity index (χ1n) is 17.3. The largest absolute Gasteiger partial charge is 0.0616 e. The minimum Gasteiger partial charge on any atom is -0.0616 e. The molecule has 0 aliphatic rings. The molecule has 0 amide bonds. The van der Waals surface area contributed by atoms with Gasteiger partial charge in [0.05, 0.1) is 0 Å². The van der Waals surface area contributed by atoms with Gasteiger partial charge in [0, 0.05) is 0 Å². The zero-order valence-corrected chi connectivity index (χ0v) is 27.5. The van der Waals surface area contributed by atoms with Crippen molar-refractivity contribution in [3.05, 3.63) is 194 Å². The zero-order chi connectivity index (χ0) is 33.0. The van der Waals surface area contributed by atoms with Crippen molar-refractivity contribution in [2.45, 2.75) is 0 Å². The predicted molar refractivity (Wildman–Crippen MR) is 216 cm³/mol. The molecule has 0 bridgehead atoms. The van der Waals surface area contributed by atoms with Crippen LogP contribution >= 0.6 is 0 Å². The van der Waals surface area contributed by atoms with Gasteiger partial charge in [0.15, 0.2) is 0 Å². The Morgan fingerprint density at radius 2 is 0.600 bits per heavy atom. The minimum absolute atomic E-state index is 1.22. The van der Waals surface area contributed by atoms with Gasteiger partial charge in [0.1, 0.15) is 0 Å². The molecule has 50 heavy (non-hydrogen) atoms. The lowest BCUT2D eigenvalue weighted by molar-refractivity contribution is 1.62. The average Bonchev–Trinajstić information content (AvgIpc) is 3.19. The molecule has 0 heteroatoms. The molecule has 10 aromatic carbocycles. The standard InChI is InChI=1S/C50H32/c1-2-13-35-29-38(24-23-33(35)11-1)40-28-27-39-30-37(25-26-41(39)31-40)36-15-9-16-42(32-36)49-45-18-5-7-20-47(45)50(48-21-8-6-19-46(48)49)44-22-10-14-34-12-3-4-17-43(34)44/h1-32H. The van der Waals surface area contributed by atoms with Crippen LogP contribution in [0.25, 0.3) is 98.4 Å². The van der Waals surface area contributed by atoms with E-state index in [1.165, 1.54) is 98.4 Å². The fourth-order valence-corrected chi connectivity index (χ4v) is 8.00. The number of hydrogen-bond acceptors (Lipinski definition) is 0. The van der Waals surface area contributed by atoms with Crippen molar-refractivity contribution < 1.29 is 0 Å². The molecule has 0 saturated heterocycles. The summed E-state index contributed by atoms with van der Waals surface area (Å²) in [4.78, 5) is 0. The molecular formula is C50H32. The third-order valence-electron chi connectivity index (χ3n) is 10.4. The molecule has 10 aromatic rings. The highest BCUT2D eigenvalue weighted by atomic mass is 14.2. The van der Waals surface area contributed by atoms with Gasteiger partial charge >= 0.3 is 0 Å². The van der Waals surface area contributed by atoms with Gasteiger partial charge in [0.25, 0.3) is 0 Å². The fourth-order valence-electron chi connectivity index (χ4n) is 8.00. The van der Waals surface area contributed by atoms with Crippen LogP contribution < -0.4 is 0 Å². The predicted octanol–water partition coefficient (Wildman–Crippen LogP) is 14.1. The van der Waals surface area contributed by atoms with Crippen LogP contribution in [0.15, 0.2) is 194 Å². The molecule has 0 spiro atoms. The minimum atomic E-state index is 1.22. The van der Waals surface area contributed by atoms with Crippen LogP contribution in [0.2, 0.25) is 0 Å². The summed E-state index contributed by atoms with van der Waals surface area (Å²) < 4.78 is 0. The van der Waals surface area contributed by atoms with E-state index in [1.54, 1.807) is 0 Å². The van der Waals surface area contributed by atoms with E-state index in [9.17, 15) is 0 Å². The van der Waals surface area contributed by atoms with Crippen molar-refractivity contribution >= 4 is 53.9 Å². The van der Waals surface area contributed by atoms with Crippen molar-refractivity contribution in [3.63, 3.8) is 0 Å². The molecule has 0 aliphatic heterocycles. The van der Waals surface area contributed by atoms with Gasteiger partial charge in [-0.1, -0.05) is 170 Å². The van der Waals surface area contributed by atoms with Crippen LogP contribution in [0.5, 0.6) is 0 Å². The Hall–Kier alpha value is -6.50. The van der Waals surface area contributed by atoms with Gasteiger partial charge in [-0.25, -0.2) is 0 Å². The van der Waals surface area contributed by atoms with E-state index >= 15 is 0 Å². The van der Waals surface area contributed by atoms with Crippen molar-refractivity contribution in [1.29, 1.82) is 0 Å². The lowest BCUT2D eigenvalue weighted by Crippen LogP contribution is -1.92. The fraction of sp³-hybridized carbons (Fsp3) is 0. The topological polar surface area (TPSA) is 0 Å². The van der Waals surface area contributed by atoms with Crippen molar-refractivity contribution in [3.8, 4) is 44.5 Å². The molecule has 0 aliphatic carbocycles. The molecule has 0 fully saturated rings. The Bertz CT molecular complexity index is 2860. The van der Waals surface area contributed by atoms with Crippen LogP contribution in [-0.2, 0) is 0 Å². The second-order valence-electron chi connectivity index (χ2n) is 13.3. The Kier molecular flexibility index (Phi) is 6.60. The Labute approximate surface area is 291 Å². The maximum absolute atomic E-state index is 2.37. The first kappa shape index (κ1) is 28.5. The molecule has 0 heterocycles. The van der Waals surface area contributed by atoms with Crippen LogP contribution in [0.1, 0.15) is 0 Å². The first-order chi connectivity index (χ1) is 24.8. The number of fused-ring (bicyclic) bond motifs is 5. The molecule has 0 unspecified atom stereocenters. The van der Waals surface area contributed by atoms with Crippen molar-refractivity contribution in [2.24, 2.45) is 0 Å². The van der Waals surface area contributed by atoms with Gasteiger partial charge in [-0.2, -0.15) is 0 Å². The second-order valence-corrected chi connectivity index (χ2v) is 13.3. The molecule has 0 radical (unpaired) electrons. The van der Waals surface area contributed by atoms with Gasteiger partial charge in [-0.3, -0.25) is 0 Å². The summed E-state index contributed by atoms with van der Waals surface area (Å²) in [7, 11) is 0. The third kappa shape index (κ3) is 4.69. The van der Waals surface area contributed by atoms with E-state index in [1.807, 2.05) is 0 Å². The van der Waals surface area contributed by atoms with Gasteiger partial charge in [-0.15, -0.1) is 0 Å². The molecule has 232 valence electrons. The molecule has 10 rings (SSSR count). The van der Waals surface area contributed by atoms with Gasteiger partial charge in [-0.05, 0) is 123 Å². The Morgan fingerprint density at radius 3 is 1.22 bits per heavy atom. The summed E-state index contributed by atoms with van der Waals surface area (Å²) >= 11 is 0. The quantitative estimate of drug-likeness (QED) is 0.169. The van der Waals surface area contributed by atoms with Crippen LogP contribution in [0.3, 0.4) is 0 Å². The molecule has 0 saturated carbocycles. The summed E-state index contributed by atoms with van der Waals surface area (Å²) in [6.45, 7) is 0. The van der Waals surface area contributed by atoms with E-state index in [0.717, 1.165) is 0 Å². The lowest BCUT2D eigenvalue weighted by atomic mass is 9.84. The van der Waals surface area contributed by atoms with E-state index in [2.05, 4.69) is 194 Å². The highest BCUT2D eigenvalue weighted by Gasteiger charge is 2.18. The first-order valence-corrected chi connectivity index (χ1v) is 17.3. The zero-order valence-electron chi connectivity index (χ0n) is 27.5.